The van der Waals surface area contributed by atoms with Crippen molar-refractivity contribution < 1.29 is 24.2 Å². The molecule has 5 heteroatoms. The molecule has 0 fully saturated rings. The summed E-state index contributed by atoms with van der Waals surface area (Å²) in [7, 11) is 0. The second-order valence-corrected chi connectivity index (χ2v) is 2.06. The van der Waals surface area contributed by atoms with E-state index in [1.165, 1.54) is 0 Å². The summed E-state index contributed by atoms with van der Waals surface area (Å²) in [6.07, 6.45) is -0.176. The van der Waals surface area contributed by atoms with Gasteiger partial charge in [0.15, 0.2) is 5.92 Å². The van der Waals surface area contributed by atoms with E-state index < -0.39 is 24.5 Å². The van der Waals surface area contributed by atoms with Gasteiger partial charge in [-0.15, -0.1) is 0 Å². The van der Waals surface area contributed by atoms with E-state index in [9.17, 15) is 14.0 Å². The summed E-state index contributed by atoms with van der Waals surface area (Å²) in [6.45, 7) is -0.683. The summed E-state index contributed by atoms with van der Waals surface area (Å²) < 4.78 is 11.5. The minimum atomic E-state index is -1.47. The van der Waals surface area contributed by atoms with Crippen molar-refractivity contribution in [2.24, 2.45) is 5.92 Å². The van der Waals surface area contributed by atoms with E-state index in [1.54, 1.807) is 0 Å². The first kappa shape index (κ1) is 9.87. The molecule has 0 radical (unpaired) electrons. The highest BCUT2D eigenvalue weighted by atomic mass is 19.1. The molecule has 0 aliphatic carbocycles. The van der Waals surface area contributed by atoms with Gasteiger partial charge < -0.3 is 10.2 Å². The maximum absolute atomic E-state index is 11.5. The van der Waals surface area contributed by atoms with Crippen molar-refractivity contribution in [3.05, 3.63) is 0 Å². The second-order valence-electron chi connectivity index (χ2n) is 2.06. The van der Waals surface area contributed by atoms with Crippen molar-refractivity contribution in [2.45, 2.75) is 12.8 Å². The minimum absolute atomic E-state index is 0.0245. The number of carbonyl (C=O) groups is 2. The zero-order chi connectivity index (χ0) is 8.85. The topological polar surface area (TPSA) is 74.6 Å². The third-order valence-electron chi connectivity index (χ3n) is 1.22. The maximum atomic E-state index is 11.5. The highest BCUT2D eigenvalue weighted by Crippen LogP contribution is 2.06. The Morgan fingerprint density at radius 2 is 1.73 bits per heavy atom. The lowest BCUT2D eigenvalue weighted by Crippen LogP contribution is -2.23. The van der Waals surface area contributed by atoms with Gasteiger partial charge in [-0.3, -0.25) is 14.0 Å². The normalized spacial score (nSPS) is 10.0. The standard InChI is InChI=1S/C6H9FO4/c7-3-1-2-4(5(8)9)6(10)11/h4H,1-3H2,(H,8,9)(H,10,11). The monoisotopic (exact) mass is 164 g/mol. The summed E-state index contributed by atoms with van der Waals surface area (Å²) in [5.41, 5.74) is 0. The van der Waals surface area contributed by atoms with Crippen LogP contribution >= 0.6 is 0 Å². The highest BCUT2D eigenvalue weighted by molar-refractivity contribution is 5.92. The van der Waals surface area contributed by atoms with Gasteiger partial charge in [0, 0.05) is 0 Å². The first-order chi connectivity index (χ1) is 5.09. The van der Waals surface area contributed by atoms with Gasteiger partial charge in [0.05, 0.1) is 6.67 Å². The van der Waals surface area contributed by atoms with E-state index in [-0.39, 0.29) is 12.8 Å². The molecule has 0 saturated heterocycles. The molecule has 0 aromatic heterocycles. The smallest absolute Gasteiger partial charge is 0.317 e. The molecule has 0 atom stereocenters. The van der Waals surface area contributed by atoms with Crippen molar-refractivity contribution in [1.82, 2.24) is 0 Å². The molecule has 0 aliphatic rings. The molecule has 0 bridgehead atoms. The van der Waals surface area contributed by atoms with Crippen LogP contribution < -0.4 is 0 Å². The molecule has 0 saturated carbocycles. The fourth-order valence-electron chi connectivity index (χ4n) is 0.634. The molecule has 11 heavy (non-hydrogen) atoms. The molecule has 0 aromatic carbocycles. The first-order valence-corrected chi connectivity index (χ1v) is 3.11. The van der Waals surface area contributed by atoms with Crippen LogP contribution in [0.4, 0.5) is 4.39 Å². The molecule has 4 nitrogen and oxygen atoms in total. The van der Waals surface area contributed by atoms with Gasteiger partial charge in [0.25, 0.3) is 0 Å². The zero-order valence-electron chi connectivity index (χ0n) is 5.79. The highest BCUT2D eigenvalue weighted by Gasteiger charge is 2.24. The third-order valence-corrected chi connectivity index (χ3v) is 1.22. The van der Waals surface area contributed by atoms with Crippen LogP contribution in [-0.2, 0) is 9.59 Å². The number of hydrogen-bond acceptors (Lipinski definition) is 2. The van der Waals surface area contributed by atoms with Gasteiger partial charge >= 0.3 is 11.9 Å². The number of carboxylic acids is 2. The molecule has 0 rings (SSSR count). The largest absolute Gasteiger partial charge is 0.481 e. The van der Waals surface area contributed by atoms with Crippen LogP contribution in [0.5, 0.6) is 0 Å². The van der Waals surface area contributed by atoms with Crippen LogP contribution in [0.25, 0.3) is 0 Å². The third kappa shape index (κ3) is 3.54. The number of aliphatic carboxylic acids is 2. The molecule has 0 unspecified atom stereocenters. The van der Waals surface area contributed by atoms with E-state index in [2.05, 4.69) is 0 Å². The zero-order valence-corrected chi connectivity index (χ0v) is 5.79. The molecule has 64 valence electrons. The van der Waals surface area contributed by atoms with Crippen LogP contribution in [0.1, 0.15) is 12.8 Å². The number of halogens is 1. The van der Waals surface area contributed by atoms with Crippen LogP contribution in [0.15, 0.2) is 0 Å². The van der Waals surface area contributed by atoms with Crippen LogP contribution in [-0.4, -0.2) is 28.8 Å². The van der Waals surface area contributed by atoms with E-state index in [4.69, 9.17) is 10.2 Å². The van der Waals surface area contributed by atoms with Crippen LogP contribution in [0.3, 0.4) is 0 Å². The summed E-state index contributed by atoms with van der Waals surface area (Å²) in [6, 6.07) is 0. The number of hydrogen-bond donors (Lipinski definition) is 2. The average Bonchev–Trinajstić information content (AvgIpc) is 1.87. The quantitative estimate of drug-likeness (QED) is 0.581. The Bertz CT molecular complexity index is 143. The van der Waals surface area contributed by atoms with Crippen LogP contribution in [0.2, 0.25) is 0 Å². The predicted molar refractivity (Wildman–Crippen MR) is 34.0 cm³/mol. The molecule has 0 amide bonds. The minimum Gasteiger partial charge on any atom is -0.481 e. The van der Waals surface area contributed by atoms with Crippen LogP contribution in [0, 0.1) is 5.92 Å². The van der Waals surface area contributed by atoms with Crippen molar-refractivity contribution in [3.63, 3.8) is 0 Å². The Hall–Kier alpha value is -1.13. The summed E-state index contributed by atoms with van der Waals surface area (Å²) in [5.74, 6) is -4.29. The molecule has 0 aromatic rings. The van der Waals surface area contributed by atoms with E-state index >= 15 is 0 Å². The Kier molecular flexibility index (Phi) is 4.17. The van der Waals surface area contributed by atoms with E-state index in [1.807, 2.05) is 0 Å². The molecule has 2 N–H and O–H groups in total. The maximum Gasteiger partial charge on any atom is 0.317 e. The van der Waals surface area contributed by atoms with E-state index in [0.717, 1.165) is 0 Å². The molecular formula is C6H9FO4. The number of carboxylic acid groups (broad SMARTS) is 2. The van der Waals surface area contributed by atoms with Gasteiger partial charge in [0.2, 0.25) is 0 Å². The van der Waals surface area contributed by atoms with Crippen molar-refractivity contribution in [1.29, 1.82) is 0 Å². The summed E-state index contributed by atoms with van der Waals surface area (Å²) >= 11 is 0. The number of rotatable bonds is 5. The lowest BCUT2D eigenvalue weighted by molar-refractivity contribution is -0.154. The van der Waals surface area contributed by atoms with Gasteiger partial charge in [0.1, 0.15) is 0 Å². The van der Waals surface area contributed by atoms with Gasteiger partial charge in [-0.1, -0.05) is 0 Å². The van der Waals surface area contributed by atoms with Gasteiger partial charge in [-0.05, 0) is 12.8 Å². The van der Waals surface area contributed by atoms with Crippen molar-refractivity contribution in [2.75, 3.05) is 6.67 Å². The Labute approximate surface area is 62.6 Å². The number of alkyl halides is 1. The second kappa shape index (κ2) is 4.65. The fraction of sp³-hybridized carbons (Fsp3) is 0.667. The Morgan fingerprint density at radius 1 is 1.27 bits per heavy atom. The first-order valence-electron chi connectivity index (χ1n) is 3.11. The van der Waals surface area contributed by atoms with E-state index in [0.29, 0.717) is 0 Å². The Balaban J connectivity index is 3.90. The molecule has 0 aliphatic heterocycles. The van der Waals surface area contributed by atoms with Crippen molar-refractivity contribution in [3.8, 4) is 0 Å². The lowest BCUT2D eigenvalue weighted by Gasteiger charge is -2.03. The lowest BCUT2D eigenvalue weighted by atomic mass is 10.0. The molecule has 0 heterocycles. The average molecular weight is 164 g/mol. The van der Waals surface area contributed by atoms with Gasteiger partial charge in [-0.2, -0.15) is 0 Å². The Morgan fingerprint density at radius 3 is 2.00 bits per heavy atom. The predicted octanol–water partition coefficient (Wildman–Crippen LogP) is 0.522. The molecule has 0 spiro atoms. The summed E-state index contributed by atoms with van der Waals surface area (Å²) in [5, 5.41) is 16.5. The summed E-state index contributed by atoms with van der Waals surface area (Å²) in [4.78, 5) is 20.3. The van der Waals surface area contributed by atoms with Crippen molar-refractivity contribution >= 4 is 11.9 Å². The SMILES string of the molecule is O=C(O)C(CCCF)C(=O)O. The molecular weight excluding hydrogens is 155 g/mol. The van der Waals surface area contributed by atoms with Gasteiger partial charge in [-0.25, -0.2) is 0 Å². The fourth-order valence-corrected chi connectivity index (χ4v) is 0.634.